The minimum Gasteiger partial charge on any atom is -0.306 e. The predicted octanol–water partition coefficient (Wildman–Crippen LogP) is 6.16. The van der Waals surface area contributed by atoms with Crippen molar-refractivity contribution in [2.45, 2.75) is 31.2 Å². The van der Waals surface area contributed by atoms with Gasteiger partial charge in [-0.3, -0.25) is 4.79 Å². The van der Waals surface area contributed by atoms with Gasteiger partial charge in [-0.2, -0.15) is 0 Å². The fourth-order valence-electron chi connectivity index (χ4n) is 4.03. The molecule has 3 aromatic rings. The lowest BCUT2D eigenvalue weighted by atomic mass is 9.94. The molecule has 0 bridgehead atoms. The van der Waals surface area contributed by atoms with Crippen molar-refractivity contribution in [3.63, 3.8) is 0 Å². The molecule has 164 valence electrons. The summed E-state index contributed by atoms with van der Waals surface area (Å²) in [5, 5.41) is 3.69. The van der Waals surface area contributed by atoms with Crippen molar-refractivity contribution in [2.75, 3.05) is 12.8 Å². The van der Waals surface area contributed by atoms with Crippen LogP contribution in [0.5, 0.6) is 0 Å². The van der Waals surface area contributed by atoms with Crippen LogP contribution in [-0.2, 0) is 11.2 Å². The number of carbonyl (C=O) groups excluding carboxylic acids is 2. The fourth-order valence-corrected chi connectivity index (χ4v) is 4.50. The van der Waals surface area contributed by atoms with E-state index in [0.29, 0.717) is 0 Å². The maximum atomic E-state index is 13.3. The Labute approximate surface area is 195 Å². The fraction of sp³-hybridized carbons (Fsp3) is 0.214. The van der Waals surface area contributed by atoms with Crippen molar-refractivity contribution in [3.05, 3.63) is 107 Å². The molecule has 0 heterocycles. The van der Waals surface area contributed by atoms with Gasteiger partial charge in [-0.1, -0.05) is 66.7 Å². The third-order valence-corrected chi connectivity index (χ3v) is 6.27. The number of Topliss-reactive ketones (excluding diaryl/α,β-unsaturated/α-hetero) is 1. The van der Waals surface area contributed by atoms with Crippen LogP contribution in [0.1, 0.15) is 46.9 Å². The zero-order chi connectivity index (χ0) is 22.9. The molecular weight excluding hydrogens is 414 g/mol. The molecule has 0 saturated heterocycles. The minimum absolute atomic E-state index is 0.120. The summed E-state index contributed by atoms with van der Waals surface area (Å²) < 4.78 is 0. The number of ketones is 1. The second-order valence-electron chi connectivity index (χ2n) is 7.55. The topological polar surface area (TPSA) is 46.2 Å². The molecule has 3 nitrogen and oxygen atoms in total. The van der Waals surface area contributed by atoms with Gasteiger partial charge in [-0.05, 0) is 60.9 Å². The molecule has 0 radical (unpaired) electrons. The number of rotatable bonds is 7. The Morgan fingerprint density at radius 2 is 1.59 bits per heavy atom. The number of carbonyl (C=O) groups is 2. The Balaban J connectivity index is 0.000000913. The lowest BCUT2D eigenvalue weighted by molar-refractivity contribution is -0.106. The molecule has 1 N–H and O–H groups in total. The molecule has 32 heavy (non-hydrogen) atoms. The van der Waals surface area contributed by atoms with Gasteiger partial charge in [-0.15, -0.1) is 11.8 Å². The Morgan fingerprint density at radius 3 is 2.25 bits per heavy atom. The SMILES string of the molecule is CC=O.CSc1cccc(C(NCCc2ccccc2)C2=C(C)c3ccccc3C2=O)c1. The highest BCUT2D eigenvalue weighted by atomic mass is 32.2. The van der Waals surface area contributed by atoms with Crippen molar-refractivity contribution in [1.82, 2.24) is 5.32 Å². The summed E-state index contributed by atoms with van der Waals surface area (Å²) in [5.74, 6) is 0.143. The Hall–Kier alpha value is -2.95. The van der Waals surface area contributed by atoms with Gasteiger partial charge in [0.2, 0.25) is 0 Å². The van der Waals surface area contributed by atoms with E-state index in [0.717, 1.165) is 47.1 Å². The first-order valence-corrected chi connectivity index (χ1v) is 12.0. The van der Waals surface area contributed by atoms with Gasteiger partial charge in [0.15, 0.2) is 5.78 Å². The van der Waals surface area contributed by atoms with Crippen LogP contribution in [0.3, 0.4) is 0 Å². The first kappa shape index (κ1) is 23.7. The molecule has 3 aromatic carbocycles. The summed E-state index contributed by atoms with van der Waals surface area (Å²) in [6.45, 7) is 4.32. The summed E-state index contributed by atoms with van der Waals surface area (Å²) in [5.41, 5.74) is 6.26. The molecule has 0 spiro atoms. The lowest BCUT2D eigenvalue weighted by Crippen LogP contribution is -2.27. The summed E-state index contributed by atoms with van der Waals surface area (Å²) in [6.07, 6.45) is 3.76. The van der Waals surface area contributed by atoms with Gasteiger partial charge in [0.25, 0.3) is 0 Å². The van der Waals surface area contributed by atoms with E-state index in [1.54, 1.807) is 11.8 Å². The molecule has 0 aromatic heterocycles. The summed E-state index contributed by atoms with van der Waals surface area (Å²) in [4.78, 5) is 23.3. The Morgan fingerprint density at radius 1 is 0.938 bits per heavy atom. The number of nitrogens with one attached hydrogen (secondary N) is 1. The van der Waals surface area contributed by atoms with Crippen molar-refractivity contribution in [1.29, 1.82) is 0 Å². The zero-order valence-corrected chi connectivity index (χ0v) is 19.6. The highest BCUT2D eigenvalue weighted by Crippen LogP contribution is 2.39. The maximum Gasteiger partial charge on any atom is 0.191 e. The molecule has 0 amide bonds. The summed E-state index contributed by atoms with van der Waals surface area (Å²) in [6, 6.07) is 26.8. The van der Waals surface area contributed by atoms with Crippen LogP contribution in [0.15, 0.2) is 89.3 Å². The van der Waals surface area contributed by atoms with E-state index < -0.39 is 0 Å². The van der Waals surface area contributed by atoms with Crippen LogP contribution >= 0.6 is 11.8 Å². The molecular formula is C28H29NO2S. The number of aldehydes is 1. The number of hydrogen-bond donors (Lipinski definition) is 1. The minimum atomic E-state index is -0.120. The third kappa shape index (κ3) is 5.45. The quantitative estimate of drug-likeness (QED) is 0.351. The molecule has 0 saturated carbocycles. The highest BCUT2D eigenvalue weighted by molar-refractivity contribution is 7.98. The molecule has 4 rings (SSSR count). The molecule has 0 fully saturated rings. The smallest absolute Gasteiger partial charge is 0.191 e. The largest absolute Gasteiger partial charge is 0.306 e. The van der Waals surface area contributed by atoms with E-state index >= 15 is 0 Å². The Kier molecular flexibility index (Phi) is 8.60. The van der Waals surface area contributed by atoms with Gasteiger partial charge in [0.05, 0.1) is 6.04 Å². The number of fused-ring (bicyclic) bond motifs is 1. The van der Waals surface area contributed by atoms with Crippen LogP contribution in [-0.4, -0.2) is 24.9 Å². The average Bonchev–Trinajstić information content (AvgIpc) is 3.08. The van der Waals surface area contributed by atoms with E-state index in [4.69, 9.17) is 4.79 Å². The standard InChI is InChI=1S/C26H25NOS.C2H4O/c1-18-22-13-6-7-14-23(22)26(28)24(18)25(20-11-8-12-21(17-20)29-2)27-16-15-19-9-4-3-5-10-19;1-2-3/h3-14,17,25,27H,15-16H2,1-2H3;2H,1H3. The monoisotopic (exact) mass is 443 g/mol. The van der Waals surface area contributed by atoms with Crippen molar-refractivity contribution >= 4 is 29.4 Å². The van der Waals surface area contributed by atoms with Crippen LogP contribution in [0, 0.1) is 0 Å². The molecule has 1 aliphatic carbocycles. The second kappa shape index (κ2) is 11.6. The molecule has 4 heteroatoms. The van der Waals surface area contributed by atoms with E-state index in [-0.39, 0.29) is 11.8 Å². The third-order valence-electron chi connectivity index (χ3n) is 5.55. The number of hydrogen-bond acceptors (Lipinski definition) is 4. The van der Waals surface area contributed by atoms with Gasteiger partial charge in [0, 0.05) is 22.6 Å². The molecule has 1 unspecified atom stereocenters. The highest BCUT2D eigenvalue weighted by Gasteiger charge is 2.32. The lowest BCUT2D eigenvalue weighted by Gasteiger charge is -2.22. The zero-order valence-electron chi connectivity index (χ0n) is 18.8. The van der Waals surface area contributed by atoms with Crippen LogP contribution < -0.4 is 5.32 Å². The van der Waals surface area contributed by atoms with Crippen LogP contribution in [0.25, 0.3) is 5.57 Å². The van der Waals surface area contributed by atoms with Crippen LogP contribution in [0.2, 0.25) is 0 Å². The predicted molar refractivity (Wildman–Crippen MR) is 134 cm³/mol. The summed E-state index contributed by atoms with van der Waals surface area (Å²) >= 11 is 1.72. The average molecular weight is 444 g/mol. The van der Waals surface area contributed by atoms with E-state index in [1.165, 1.54) is 17.4 Å². The van der Waals surface area contributed by atoms with E-state index in [9.17, 15) is 4.79 Å². The van der Waals surface area contributed by atoms with E-state index in [1.807, 2.05) is 24.3 Å². The van der Waals surface area contributed by atoms with Crippen molar-refractivity contribution in [2.24, 2.45) is 0 Å². The van der Waals surface area contributed by atoms with Gasteiger partial charge in [-0.25, -0.2) is 0 Å². The second-order valence-corrected chi connectivity index (χ2v) is 8.43. The molecule has 0 aliphatic heterocycles. The van der Waals surface area contributed by atoms with E-state index in [2.05, 4.69) is 73.1 Å². The number of benzene rings is 3. The van der Waals surface area contributed by atoms with Gasteiger partial charge in [0.1, 0.15) is 6.29 Å². The number of allylic oxidation sites excluding steroid dienone is 1. The summed E-state index contributed by atoms with van der Waals surface area (Å²) in [7, 11) is 0. The molecule has 1 aliphatic rings. The van der Waals surface area contributed by atoms with Gasteiger partial charge >= 0.3 is 0 Å². The normalized spacial score (nSPS) is 13.3. The first-order valence-electron chi connectivity index (χ1n) is 10.8. The van der Waals surface area contributed by atoms with Crippen molar-refractivity contribution in [3.8, 4) is 0 Å². The maximum absolute atomic E-state index is 13.3. The van der Waals surface area contributed by atoms with Gasteiger partial charge < -0.3 is 10.1 Å². The molecule has 1 atom stereocenters. The Bertz CT molecular complexity index is 1110. The number of thioether (sulfide) groups is 1. The van der Waals surface area contributed by atoms with Crippen molar-refractivity contribution < 1.29 is 9.59 Å². The first-order chi connectivity index (χ1) is 15.6. The van der Waals surface area contributed by atoms with Crippen LogP contribution in [0.4, 0.5) is 0 Å².